The summed E-state index contributed by atoms with van der Waals surface area (Å²) in [6.07, 6.45) is 6.89. The van der Waals surface area contributed by atoms with Gasteiger partial charge in [0.05, 0.1) is 6.20 Å². The van der Waals surface area contributed by atoms with Crippen LogP contribution in [0.4, 0.5) is 5.82 Å². The van der Waals surface area contributed by atoms with E-state index in [0.717, 1.165) is 17.7 Å². The summed E-state index contributed by atoms with van der Waals surface area (Å²) in [7, 11) is 6.01. The highest BCUT2D eigenvalue weighted by molar-refractivity contribution is 5.88. The predicted octanol–water partition coefficient (Wildman–Crippen LogP) is 5.30. The first-order chi connectivity index (χ1) is 15.5. The normalized spacial score (nSPS) is 13.2. The molecule has 0 fully saturated rings. The molecule has 4 aromatic rings. The van der Waals surface area contributed by atoms with Gasteiger partial charge < -0.3 is 10.2 Å². The predicted molar refractivity (Wildman–Crippen MR) is 135 cm³/mol. The highest BCUT2D eigenvalue weighted by atomic mass is 15.3. The zero-order valence-corrected chi connectivity index (χ0v) is 19.4. The van der Waals surface area contributed by atoms with E-state index in [2.05, 4.69) is 83.3 Å². The van der Waals surface area contributed by atoms with Crippen molar-refractivity contribution in [2.45, 2.75) is 19.9 Å². The van der Waals surface area contributed by atoms with Gasteiger partial charge >= 0.3 is 0 Å². The van der Waals surface area contributed by atoms with E-state index in [4.69, 9.17) is 0 Å². The van der Waals surface area contributed by atoms with E-state index in [1.165, 1.54) is 51.9 Å². The highest BCUT2D eigenvalue weighted by Gasteiger charge is 2.12. The van der Waals surface area contributed by atoms with Crippen molar-refractivity contribution >= 4 is 22.7 Å². The van der Waals surface area contributed by atoms with Gasteiger partial charge in [0.25, 0.3) is 0 Å². The van der Waals surface area contributed by atoms with Crippen molar-refractivity contribution in [3.05, 3.63) is 83.8 Å². The number of aryl methyl sites for hydroxylation is 1. The van der Waals surface area contributed by atoms with Crippen LogP contribution >= 0.6 is 0 Å². The number of aromatic nitrogens is 3. The first-order valence-electron chi connectivity index (χ1n) is 11.0. The zero-order chi connectivity index (χ0) is 22.7. The van der Waals surface area contributed by atoms with Crippen molar-refractivity contribution in [1.29, 1.82) is 0 Å². The van der Waals surface area contributed by atoms with E-state index in [1.54, 1.807) is 0 Å². The summed E-state index contributed by atoms with van der Waals surface area (Å²) >= 11 is 0. The fourth-order valence-corrected chi connectivity index (χ4v) is 4.07. The monoisotopic (exact) mass is 425 g/mol. The van der Waals surface area contributed by atoms with Gasteiger partial charge in [-0.2, -0.15) is 5.10 Å². The SMILES string of the molecule is C=Cc1ccc2c(c1)CCN(C)C2.CNc1cc2cc(-c3cnn(C)c3C)ccc2cn1. The maximum Gasteiger partial charge on any atom is 0.126 e. The van der Waals surface area contributed by atoms with Gasteiger partial charge in [-0.15, -0.1) is 0 Å². The minimum Gasteiger partial charge on any atom is -0.373 e. The third-order valence-electron chi connectivity index (χ3n) is 6.19. The van der Waals surface area contributed by atoms with Gasteiger partial charge in [0.15, 0.2) is 0 Å². The number of fused-ring (bicyclic) bond motifs is 2. The maximum atomic E-state index is 4.32. The van der Waals surface area contributed by atoms with Crippen molar-refractivity contribution in [1.82, 2.24) is 19.7 Å². The van der Waals surface area contributed by atoms with Gasteiger partial charge in [-0.1, -0.05) is 43.0 Å². The Morgan fingerprint density at radius 2 is 1.84 bits per heavy atom. The Morgan fingerprint density at radius 3 is 2.56 bits per heavy atom. The Bertz CT molecular complexity index is 1250. The molecule has 164 valence electrons. The lowest BCUT2D eigenvalue weighted by atomic mass is 9.98. The van der Waals surface area contributed by atoms with E-state index in [-0.39, 0.29) is 0 Å². The molecule has 1 N–H and O–H groups in total. The minimum absolute atomic E-state index is 0.882. The molecule has 0 aliphatic carbocycles. The number of hydrogen-bond acceptors (Lipinski definition) is 4. The number of rotatable bonds is 3. The molecule has 1 aliphatic rings. The van der Waals surface area contributed by atoms with Crippen LogP contribution in [0, 0.1) is 6.92 Å². The lowest BCUT2D eigenvalue weighted by Gasteiger charge is -2.25. The van der Waals surface area contributed by atoms with E-state index >= 15 is 0 Å². The molecule has 5 rings (SSSR count). The van der Waals surface area contributed by atoms with E-state index in [1.807, 2.05) is 37.2 Å². The molecule has 1 aliphatic heterocycles. The summed E-state index contributed by atoms with van der Waals surface area (Å²) in [6.45, 7) is 8.13. The smallest absolute Gasteiger partial charge is 0.126 e. The third-order valence-corrected chi connectivity index (χ3v) is 6.19. The Labute approximate surface area is 190 Å². The molecule has 32 heavy (non-hydrogen) atoms. The van der Waals surface area contributed by atoms with Crippen molar-refractivity contribution < 1.29 is 0 Å². The Hall–Kier alpha value is -3.44. The van der Waals surface area contributed by atoms with E-state index in [0.29, 0.717) is 0 Å². The second kappa shape index (κ2) is 9.37. The van der Waals surface area contributed by atoms with Crippen LogP contribution in [0.1, 0.15) is 22.4 Å². The molecular weight excluding hydrogens is 394 g/mol. The van der Waals surface area contributed by atoms with Gasteiger partial charge in [0.2, 0.25) is 0 Å². The van der Waals surface area contributed by atoms with Crippen molar-refractivity contribution in [2.75, 3.05) is 26.0 Å². The van der Waals surface area contributed by atoms with Crippen LogP contribution in [0.5, 0.6) is 0 Å². The minimum atomic E-state index is 0.882. The fourth-order valence-electron chi connectivity index (χ4n) is 4.07. The molecule has 0 saturated heterocycles. The summed E-state index contributed by atoms with van der Waals surface area (Å²) < 4.78 is 1.89. The van der Waals surface area contributed by atoms with Crippen LogP contribution in [0.3, 0.4) is 0 Å². The Morgan fingerprint density at radius 1 is 1.00 bits per heavy atom. The van der Waals surface area contributed by atoms with Gasteiger partial charge in [0.1, 0.15) is 5.82 Å². The van der Waals surface area contributed by atoms with Crippen LogP contribution in [0.15, 0.2) is 61.4 Å². The molecule has 5 nitrogen and oxygen atoms in total. The molecule has 3 heterocycles. The van der Waals surface area contributed by atoms with Crippen molar-refractivity contribution in [2.24, 2.45) is 7.05 Å². The van der Waals surface area contributed by atoms with Crippen LogP contribution in [0.25, 0.3) is 28.0 Å². The zero-order valence-electron chi connectivity index (χ0n) is 19.4. The summed E-state index contributed by atoms with van der Waals surface area (Å²) in [5.41, 5.74) is 7.74. The summed E-state index contributed by atoms with van der Waals surface area (Å²) in [4.78, 5) is 6.68. The molecule has 2 aromatic heterocycles. The largest absolute Gasteiger partial charge is 0.373 e. The molecule has 0 spiro atoms. The molecule has 2 aromatic carbocycles. The lowest BCUT2D eigenvalue weighted by Crippen LogP contribution is -2.26. The molecule has 0 saturated carbocycles. The van der Waals surface area contributed by atoms with Crippen molar-refractivity contribution in [3.8, 4) is 11.1 Å². The maximum absolute atomic E-state index is 4.32. The lowest BCUT2D eigenvalue weighted by molar-refractivity contribution is 0.313. The van der Waals surface area contributed by atoms with E-state index < -0.39 is 0 Å². The standard InChI is InChI=1S/C15H16N4.C12H15N/c1-10-14(9-18-19(10)3)11-4-5-12-8-17-15(16-2)7-13(12)6-11;1-3-10-4-5-12-9-13(2)7-6-11(12)8-10/h4-9H,1-3H3,(H,16,17);3-5,8H,1,6-7,9H2,2H3. The number of nitrogens with zero attached hydrogens (tertiary/aromatic N) is 4. The second-order valence-corrected chi connectivity index (χ2v) is 8.37. The van der Waals surface area contributed by atoms with Gasteiger partial charge in [-0.05, 0) is 60.2 Å². The molecule has 5 heteroatoms. The van der Waals surface area contributed by atoms with Gasteiger partial charge in [0, 0.05) is 50.0 Å². The number of nitrogens with one attached hydrogen (secondary N) is 1. The van der Waals surface area contributed by atoms with E-state index in [9.17, 15) is 0 Å². The average molecular weight is 426 g/mol. The molecule has 0 atom stereocenters. The third kappa shape index (κ3) is 4.58. The summed E-state index contributed by atoms with van der Waals surface area (Å²) in [5.74, 6) is 0.882. The second-order valence-electron chi connectivity index (χ2n) is 8.37. The number of anilines is 1. The molecule has 0 radical (unpaired) electrons. The van der Waals surface area contributed by atoms with Crippen LogP contribution in [0.2, 0.25) is 0 Å². The molecular formula is C27H31N5. The average Bonchev–Trinajstić information content (AvgIpc) is 3.16. The number of likely N-dealkylation sites (N-methyl/N-ethyl adjacent to an activating group) is 1. The number of hydrogen-bond donors (Lipinski definition) is 1. The molecule has 0 amide bonds. The Balaban J connectivity index is 0.000000165. The van der Waals surface area contributed by atoms with Gasteiger partial charge in [-0.25, -0.2) is 4.98 Å². The molecule has 0 unspecified atom stereocenters. The summed E-state index contributed by atoms with van der Waals surface area (Å²) in [5, 5.41) is 9.69. The number of benzene rings is 2. The van der Waals surface area contributed by atoms with Crippen LogP contribution < -0.4 is 5.32 Å². The quantitative estimate of drug-likeness (QED) is 0.484. The Kier molecular flexibility index (Phi) is 6.37. The van der Waals surface area contributed by atoms with Gasteiger partial charge in [-0.3, -0.25) is 4.68 Å². The first kappa shape index (κ1) is 21.8. The highest BCUT2D eigenvalue weighted by Crippen LogP contribution is 2.27. The molecule has 0 bridgehead atoms. The van der Waals surface area contributed by atoms with Crippen LogP contribution in [-0.4, -0.2) is 40.3 Å². The topological polar surface area (TPSA) is 46.0 Å². The summed E-state index contributed by atoms with van der Waals surface area (Å²) in [6, 6.07) is 15.1. The van der Waals surface area contributed by atoms with Crippen LogP contribution in [-0.2, 0) is 20.0 Å². The fraction of sp³-hybridized carbons (Fsp3) is 0.259. The van der Waals surface area contributed by atoms with Crippen molar-refractivity contribution in [3.63, 3.8) is 0 Å². The first-order valence-corrected chi connectivity index (χ1v) is 11.0. The number of pyridine rings is 1.